The Bertz CT molecular complexity index is 647. The Labute approximate surface area is 112 Å². The van der Waals surface area contributed by atoms with Gasteiger partial charge in [0.2, 0.25) is 0 Å². The first kappa shape index (κ1) is 12.9. The van der Waals surface area contributed by atoms with Crippen LogP contribution in [0.15, 0.2) is 30.6 Å². The largest absolute Gasteiger partial charge is 0.476 e. The average Bonchev–Trinajstić information content (AvgIpc) is 2.39. The minimum absolute atomic E-state index is 0.0505. The Morgan fingerprint density at radius 1 is 1.21 bits per heavy atom. The molecule has 0 aliphatic heterocycles. The highest BCUT2D eigenvalue weighted by Crippen LogP contribution is 2.11. The number of hydrogen-bond donors (Lipinski definition) is 2. The molecular weight excluding hydrogens is 272 g/mol. The van der Waals surface area contributed by atoms with Crippen LogP contribution in [0.5, 0.6) is 0 Å². The van der Waals surface area contributed by atoms with Gasteiger partial charge in [0.15, 0.2) is 11.5 Å². The summed E-state index contributed by atoms with van der Waals surface area (Å²) in [5.74, 6) is -2.06. The molecule has 0 aromatic carbocycles. The molecule has 19 heavy (non-hydrogen) atoms. The number of carboxylic acids is 1. The molecule has 0 bridgehead atoms. The fourth-order valence-electron chi connectivity index (χ4n) is 1.29. The quantitative estimate of drug-likeness (QED) is 0.824. The number of anilines is 1. The van der Waals surface area contributed by atoms with Gasteiger partial charge in [-0.25, -0.2) is 19.7 Å². The van der Waals surface area contributed by atoms with Crippen molar-refractivity contribution >= 4 is 29.3 Å². The Hall–Kier alpha value is -2.54. The number of carboxylic acid groups (broad SMARTS) is 1. The third kappa shape index (κ3) is 3.02. The van der Waals surface area contributed by atoms with Crippen molar-refractivity contribution in [2.45, 2.75) is 0 Å². The third-order valence-electron chi connectivity index (χ3n) is 2.08. The highest BCUT2D eigenvalue weighted by molar-refractivity contribution is 6.29. The van der Waals surface area contributed by atoms with E-state index in [1.807, 2.05) is 0 Å². The SMILES string of the molecule is O=C(Nc1nccnc1C(=O)O)c1cccc(Cl)n1. The van der Waals surface area contributed by atoms with Gasteiger partial charge in [0.25, 0.3) is 5.91 Å². The molecule has 0 aliphatic carbocycles. The second-order valence-electron chi connectivity index (χ2n) is 3.36. The minimum Gasteiger partial charge on any atom is -0.476 e. The molecule has 0 fully saturated rings. The first-order valence-electron chi connectivity index (χ1n) is 5.06. The predicted molar refractivity (Wildman–Crippen MR) is 66.2 cm³/mol. The molecule has 0 saturated heterocycles. The van der Waals surface area contributed by atoms with Gasteiger partial charge in [-0.2, -0.15) is 0 Å². The average molecular weight is 279 g/mol. The topological polar surface area (TPSA) is 105 Å². The van der Waals surface area contributed by atoms with Gasteiger partial charge in [0.05, 0.1) is 0 Å². The zero-order chi connectivity index (χ0) is 13.8. The van der Waals surface area contributed by atoms with Gasteiger partial charge in [-0.15, -0.1) is 0 Å². The van der Waals surface area contributed by atoms with Crippen LogP contribution in [0.4, 0.5) is 5.82 Å². The molecule has 2 aromatic rings. The van der Waals surface area contributed by atoms with Gasteiger partial charge in [0, 0.05) is 12.4 Å². The van der Waals surface area contributed by atoms with E-state index in [4.69, 9.17) is 16.7 Å². The first-order valence-corrected chi connectivity index (χ1v) is 5.44. The van der Waals surface area contributed by atoms with Gasteiger partial charge in [0.1, 0.15) is 10.8 Å². The van der Waals surface area contributed by atoms with E-state index in [9.17, 15) is 9.59 Å². The zero-order valence-corrected chi connectivity index (χ0v) is 10.1. The predicted octanol–water partition coefficient (Wildman–Crippen LogP) is 1.48. The molecule has 0 unspecified atom stereocenters. The second-order valence-corrected chi connectivity index (χ2v) is 3.75. The second kappa shape index (κ2) is 5.40. The summed E-state index contributed by atoms with van der Waals surface area (Å²) in [5, 5.41) is 11.4. The van der Waals surface area contributed by atoms with Crippen LogP contribution in [0.25, 0.3) is 0 Å². The van der Waals surface area contributed by atoms with Crippen LogP contribution in [0.3, 0.4) is 0 Å². The Morgan fingerprint density at radius 2 is 1.95 bits per heavy atom. The summed E-state index contributed by atoms with van der Waals surface area (Å²) >= 11 is 5.66. The highest BCUT2D eigenvalue weighted by Gasteiger charge is 2.16. The van der Waals surface area contributed by atoms with Gasteiger partial charge in [-0.1, -0.05) is 17.7 Å². The maximum Gasteiger partial charge on any atom is 0.358 e. The van der Waals surface area contributed by atoms with Crippen LogP contribution in [0.2, 0.25) is 5.15 Å². The Kier molecular flexibility index (Phi) is 3.67. The number of carbonyl (C=O) groups excluding carboxylic acids is 1. The van der Waals surface area contributed by atoms with E-state index in [0.717, 1.165) is 0 Å². The molecule has 7 nitrogen and oxygen atoms in total. The number of amides is 1. The maximum absolute atomic E-state index is 11.8. The molecule has 2 heterocycles. The zero-order valence-electron chi connectivity index (χ0n) is 9.37. The number of hydrogen-bond acceptors (Lipinski definition) is 5. The van der Waals surface area contributed by atoms with Crippen molar-refractivity contribution in [1.82, 2.24) is 15.0 Å². The molecule has 2 rings (SSSR count). The Morgan fingerprint density at radius 3 is 2.63 bits per heavy atom. The molecule has 0 radical (unpaired) electrons. The monoisotopic (exact) mass is 278 g/mol. The van der Waals surface area contributed by atoms with E-state index in [1.165, 1.54) is 24.5 Å². The fraction of sp³-hybridized carbons (Fsp3) is 0. The summed E-state index contributed by atoms with van der Waals surface area (Å²) in [6.07, 6.45) is 2.49. The molecule has 0 atom stereocenters. The van der Waals surface area contributed by atoms with Crippen LogP contribution < -0.4 is 5.32 Å². The third-order valence-corrected chi connectivity index (χ3v) is 2.29. The molecule has 1 amide bonds. The van der Waals surface area contributed by atoms with Crippen LogP contribution in [-0.2, 0) is 0 Å². The number of rotatable bonds is 3. The Balaban J connectivity index is 2.27. The van der Waals surface area contributed by atoms with E-state index in [2.05, 4.69) is 20.3 Å². The summed E-state index contributed by atoms with van der Waals surface area (Å²) in [6, 6.07) is 4.51. The molecule has 0 aliphatic rings. The van der Waals surface area contributed by atoms with Gasteiger partial charge in [-0.3, -0.25) is 4.79 Å². The summed E-state index contributed by atoms with van der Waals surface area (Å²) < 4.78 is 0. The molecular formula is C11H7ClN4O3. The molecule has 2 N–H and O–H groups in total. The van der Waals surface area contributed by atoms with E-state index < -0.39 is 11.9 Å². The number of aromatic carboxylic acids is 1. The van der Waals surface area contributed by atoms with Crippen molar-refractivity contribution in [2.75, 3.05) is 5.32 Å². The van der Waals surface area contributed by atoms with Crippen molar-refractivity contribution in [3.8, 4) is 0 Å². The summed E-state index contributed by atoms with van der Waals surface area (Å²) in [4.78, 5) is 33.9. The smallest absolute Gasteiger partial charge is 0.358 e. The number of nitrogens with one attached hydrogen (secondary N) is 1. The van der Waals surface area contributed by atoms with E-state index in [-0.39, 0.29) is 22.4 Å². The van der Waals surface area contributed by atoms with Gasteiger partial charge >= 0.3 is 5.97 Å². The molecule has 8 heteroatoms. The van der Waals surface area contributed by atoms with Gasteiger partial charge in [-0.05, 0) is 12.1 Å². The molecule has 0 spiro atoms. The number of halogens is 1. The van der Waals surface area contributed by atoms with Crippen LogP contribution >= 0.6 is 11.6 Å². The van der Waals surface area contributed by atoms with E-state index in [0.29, 0.717) is 0 Å². The summed E-state index contributed by atoms with van der Waals surface area (Å²) in [7, 11) is 0. The van der Waals surface area contributed by atoms with Gasteiger partial charge < -0.3 is 10.4 Å². The summed E-state index contributed by atoms with van der Waals surface area (Å²) in [6.45, 7) is 0. The lowest BCUT2D eigenvalue weighted by atomic mass is 10.3. The van der Waals surface area contributed by atoms with Crippen LogP contribution in [0, 0.1) is 0 Å². The van der Waals surface area contributed by atoms with E-state index in [1.54, 1.807) is 6.07 Å². The molecule has 2 aromatic heterocycles. The lowest BCUT2D eigenvalue weighted by Gasteiger charge is -2.05. The lowest BCUT2D eigenvalue weighted by molar-refractivity contribution is 0.0691. The van der Waals surface area contributed by atoms with Crippen LogP contribution in [-0.4, -0.2) is 31.9 Å². The number of pyridine rings is 1. The molecule has 96 valence electrons. The lowest BCUT2D eigenvalue weighted by Crippen LogP contribution is -2.18. The first-order chi connectivity index (χ1) is 9.08. The van der Waals surface area contributed by atoms with Crippen LogP contribution in [0.1, 0.15) is 21.0 Å². The number of carbonyl (C=O) groups is 2. The minimum atomic E-state index is -1.29. The number of nitrogens with zero attached hydrogens (tertiary/aromatic N) is 3. The number of aromatic nitrogens is 3. The maximum atomic E-state index is 11.8. The van der Waals surface area contributed by atoms with E-state index >= 15 is 0 Å². The van der Waals surface area contributed by atoms with Crippen molar-refractivity contribution in [2.24, 2.45) is 0 Å². The van der Waals surface area contributed by atoms with Crippen molar-refractivity contribution < 1.29 is 14.7 Å². The fourth-order valence-corrected chi connectivity index (χ4v) is 1.46. The normalized spacial score (nSPS) is 9.95. The standard InChI is InChI=1S/C11H7ClN4O3/c12-7-3-1-2-6(15-7)10(17)16-9-8(11(18)19)13-4-5-14-9/h1-5H,(H,18,19)(H,14,16,17). The summed E-state index contributed by atoms with van der Waals surface area (Å²) in [5.41, 5.74) is -0.299. The molecule has 0 saturated carbocycles. The highest BCUT2D eigenvalue weighted by atomic mass is 35.5. The van der Waals surface area contributed by atoms with Crippen molar-refractivity contribution in [3.63, 3.8) is 0 Å². The van der Waals surface area contributed by atoms with Crippen molar-refractivity contribution in [3.05, 3.63) is 47.1 Å². The van der Waals surface area contributed by atoms with Crippen molar-refractivity contribution in [1.29, 1.82) is 0 Å².